The molecule has 0 aliphatic carbocycles. The maximum atomic E-state index is 6.18. The van der Waals surface area contributed by atoms with E-state index < -0.39 is 0 Å². The number of nitrogens with one attached hydrogen (secondary N) is 1. The van der Waals surface area contributed by atoms with Gasteiger partial charge in [-0.05, 0) is 24.5 Å². The van der Waals surface area contributed by atoms with Gasteiger partial charge in [-0.15, -0.1) is 0 Å². The van der Waals surface area contributed by atoms with Crippen LogP contribution in [0.25, 0.3) is 0 Å². The zero-order valence-corrected chi connectivity index (χ0v) is 11.3. The van der Waals surface area contributed by atoms with Gasteiger partial charge >= 0.3 is 0 Å². The first-order valence-electron chi connectivity index (χ1n) is 6.83. The molecule has 20 heavy (non-hydrogen) atoms. The Balaban J connectivity index is 1.75. The SMILES string of the molecule is Nc1c(NCc2cccnc2)ncnc1N1CCCC1. The summed E-state index contributed by atoms with van der Waals surface area (Å²) in [7, 11) is 0. The Labute approximate surface area is 118 Å². The standard InChI is InChI=1S/C14H18N6/c15-12-13(17-9-11-4-3-5-16-8-11)18-10-19-14(12)20-6-1-2-7-20/h3-5,8,10H,1-2,6-7,9,15H2,(H,17,18,19). The van der Waals surface area contributed by atoms with Crippen LogP contribution in [-0.2, 0) is 6.54 Å². The van der Waals surface area contributed by atoms with Gasteiger partial charge in [0.05, 0.1) is 0 Å². The van der Waals surface area contributed by atoms with Crippen LogP contribution in [0, 0.1) is 0 Å². The van der Waals surface area contributed by atoms with Gasteiger partial charge in [0.15, 0.2) is 11.6 Å². The van der Waals surface area contributed by atoms with E-state index >= 15 is 0 Å². The highest BCUT2D eigenvalue weighted by Crippen LogP contribution is 2.28. The van der Waals surface area contributed by atoms with E-state index in [2.05, 4.69) is 25.2 Å². The zero-order valence-electron chi connectivity index (χ0n) is 11.3. The average Bonchev–Trinajstić information content (AvgIpc) is 3.01. The van der Waals surface area contributed by atoms with E-state index in [1.165, 1.54) is 12.8 Å². The fourth-order valence-corrected chi connectivity index (χ4v) is 2.40. The van der Waals surface area contributed by atoms with E-state index in [1.54, 1.807) is 12.5 Å². The third-order valence-electron chi connectivity index (χ3n) is 3.45. The van der Waals surface area contributed by atoms with Gasteiger partial charge in [-0.1, -0.05) is 6.07 Å². The lowest BCUT2D eigenvalue weighted by Gasteiger charge is -2.19. The van der Waals surface area contributed by atoms with Gasteiger partial charge in [0.1, 0.15) is 12.0 Å². The molecule has 0 saturated carbocycles. The maximum Gasteiger partial charge on any atom is 0.157 e. The molecule has 0 bridgehead atoms. The lowest BCUT2D eigenvalue weighted by atomic mass is 10.3. The van der Waals surface area contributed by atoms with Crippen molar-refractivity contribution >= 4 is 17.3 Å². The van der Waals surface area contributed by atoms with E-state index in [0.29, 0.717) is 18.1 Å². The second-order valence-electron chi connectivity index (χ2n) is 4.87. The van der Waals surface area contributed by atoms with Crippen molar-refractivity contribution < 1.29 is 0 Å². The highest BCUT2D eigenvalue weighted by Gasteiger charge is 2.18. The largest absolute Gasteiger partial charge is 0.393 e. The van der Waals surface area contributed by atoms with Crippen LogP contribution in [0.15, 0.2) is 30.9 Å². The molecule has 3 rings (SSSR count). The van der Waals surface area contributed by atoms with Crippen molar-refractivity contribution in [2.45, 2.75) is 19.4 Å². The second kappa shape index (κ2) is 5.73. The lowest BCUT2D eigenvalue weighted by Crippen LogP contribution is -2.21. The molecule has 1 fully saturated rings. The molecule has 2 aromatic heterocycles. The van der Waals surface area contributed by atoms with Gasteiger partial charge in [0.2, 0.25) is 0 Å². The predicted molar refractivity (Wildman–Crippen MR) is 79.5 cm³/mol. The highest BCUT2D eigenvalue weighted by molar-refractivity contribution is 5.75. The topological polar surface area (TPSA) is 80.0 Å². The summed E-state index contributed by atoms with van der Waals surface area (Å²) in [5.74, 6) is 1.52. The van der Waals surface area contributed by atoms with Gasteiger partial charge < -0.3 is 16.0 Å². The number of pyridine rings is 1. The first kappa shape index (κ1) is 12.7. The van der Waals surface area contributed by atoms with Crippen molar-refractivity contribution in [1.29, 1.82) is 0 Å². The van der Waals surface area contributed by atoms with E-state index in [9.17, 15) is 0 Å². The average molecular weight is 270 g/mol. The highest BCUT2D eigenvalue weighted by atomic mass is 15.2. The number of rotatable bonds is 4. The Morgan fingerprint density at radius 3 is 2.85 bits per heavy atom. The second-order valence-corrected chi connectivity index (χ2v) is 4.87. The number of aromatic nitrogens is 3. The van der Waals surface area contributed by atoms with Crippen LogP contribution >= 0.6 is 0 Å². The van der Waals surface area contributed by atoms with E-state index in [-0.39, 0.29) is 0 Å². The van der Waals surface area contributed by atoms with Gasteiger partial charge in [-0.2, -0.15) is 0 Å². The van der Waals surface area contributed by atoms with Crippen LogP contribution in [0.4, 0.5) is 17.3 Å². The normalized spacial score (nSPS) is 14.5. The minimum atomic E-state index is 0.623. The van der Waals surface area contributed by atoms with Crippen molar-refractivity contribution in [1.82, 2.24) is 15.0 Å². The molecular formula is C14H18N6. The summed E-state index contributed by atoms with van der Waals surface area (Å²) in [5.41, 5.74) is 7.90. The summed E-state index contributed by atoms with van der Waals surface area (Å²) in [5, 5.41) is 3.25. The summed E-state index contributed by atoms with van der Waals surface area (Å²) in [6.07, 6.45) is 7.54. The van der Waals surface area contributed by atoms with Gasteiger partial charge in [0, 0.05) is 32.0 Å². The van der Waals surface area contributed by atoms with Gasteiger partial charge in [-0.3, -0.25) is 4.98 Å². The fourth-order valence-electron chi connectivity index (χ4n) is 2.40. The molecular weight excluding hydrogens is 252 g/mol. The van der Waals surface area contributed by atoms with E-state index in [1.807, 2.05) is 18.3 Å². The van der Waals surface area contributed by atoms with Crippen molar-refractivity contribution in [3.8, 4) is 0 Å². The monoisotopic (exact) mass is 270 g/mol. The number of anilines is 3. The number of hydrogen-bond acceptors (Lipinski definition) is 6. The number of nitrogens with two attached hydrogens (primary N) is 1. The molecule has 1 saturated heterocycles. The quantitative estimate of drug-likeness (QED) is 0.879. The van der Waals surface area contributed by atoms with Crippen molar-refractivity contribution in [3.63, 3.8) is 0 Å². The minimum Gasteiger partial charge on any atom is -0.393 e. The fraction of sp³-hybridized carbons (Fsp3) is 0.357. The predicted octanol–water partition coefficient (Wildman–Crippen LogP) is 1.67. The molecule has 2 aromatic rings. The van der Waals surface area contributed by atoms with Crippen molar-refractivity contribution in [2.75, 3.05) is 29.0 Å². The molecule has 6 heteroatoms. The van der Waals surface area contributed by atoms with E-state index in [4.69, 9.17) is 5.73 Å². The van der Waals surface area contributed by atoms with Gasteiger partial charge in [0.25, 0.3) is 0 Å². The minimum absolute atomic E-state index is 0.623. The molecule has 3 N–H and O–H groups in total. The Morgan fingerprint density at radius 1 is 1.25 bits per heavy atom. The molecule has 0 radical (unpaired) electrons. The van der Waals surface area contributed by atoms with Crippen LogP contribution in [0.1, 0.15) is 18.4 Å². The van der Waals surface area contributed by atoms with Crippen molar-refractivity contribution in [3.05, 3.63) is 36.4 Å². The number of nitrogen functional groups attached to an aromatic ring is 1. The molecule has 3 heterocycles. The smallest absolute Gasteiger partial charge is 0.157 e. The first-order valence-corrected chi connectivity index (χ1v) is 6.83. The van der Waals surface area contributed by atoms with Gasteiger partial charge in [-0.25, -0.2) is 9.97 Å². The number of nitrogens with zero attached hydrogens (tertiary/aromatic N) is 4. The molecule has 0 amide bonds. The maximum absolute atomic E-state index is 6.18. The number of hydrogen-bond donors (Lipinski definition) is 2. The van der Waals surface area contributed by atoms with E-state index in [0.717, 1.165) is 24.5 Å². The van der Waals surface area contributed by atoms with Crippen LogP contribution in [0.2, 0.25) is 0 Å². The third-order valence-corrected chi connectivity index (χ3v) is 3.45. The molecule has 0 aromatic carbocycles. The van der Waals surface area contributed by atoms with Crippen molar-refractivity contribution in [2.24, 2.45) is 0 Å². The Bertz CT molecular complexity index is 565. The zero-order chi connectivity index (χ0) is 13.8. The molecule has 0 spiro atoms. The lowest BCUT2D eigenvalue weighted by molar-refractivity contribution is 0.928. The van der Waals surface area contributed by atoms with Crippen LogP contribution in [0.5, 0.6) is 0 Å². The summed E-state index contributed by atoms with van der Waals surface area (Å²) in [4.78, 5) is 14.8. The Hall–Kier alpha value is -2.37. The Kier molecular flexibility index (Phi) is 3.62. The summed E-state index contributed by atoms with van der Waals surface area (Å²) in [6, 6.07) is 3.93. The first-order chi connectivity index (χ1) is 9.84. The third kappa shape index (κ3) is 2.64. The van der Waals surface area contributed by atoms with Crippen LogP contribution in [-0.4, -0.2) is 28.0 Å². The molecule has 6 nitrogen and oxygen atoms in total. The molecule has 1 aliphatic rings. The summed E-state index contributed by atoms with van der Waals surface area (Å²) in [6.45, 7) is 2.68. The van der Waals surface area contributed by atoms with Crippen LogP contribution in [0.3, 0.4) is 0 Å². The molecule has 0 atom stereocenters. The molecule has 104 valence electrons. The molecule has 0 unspecified atom stereocenters. The Morgan fingerprint density at radius 2 is 2.10 bits per heavy atom. The summed E-state index contributed by atoms with van der Waals surface area (Å²) >= 11 is 0. The molecule has 1 aliphatic heterocycles. The summed E-state index contributed by atoms with van der Waals surface area (Å²) < 4.78 is 0. The van der Waals surface area contributed by atoms with Crippen LogP contribution < -0.4 is 16.0 Å².